The maximum Gasteiger partial charge on any atom is 0.490 e. The number of aryl methyl sites for hydroxylation is 2. The molecule has 8 N–H and O–H groups in total. The van der Waals surface area contributed by atoms with Crippen LogP contribution in [-0.2, 0) is 57.4 Å². The topological polar surface area (TPSA) is 350 Å². The molecule has 4 aromatic rings. The second kappa shape index (κ2) is 14.5. The van der Waals surface area contributed by atoms with Gasteiger partial charge in [0.2, 0.25) is 5.52 Å². The number of rotatable bonds is 13. The Hall–Kier alpha value is -3.29. The molecule has 26 nitrogen and oxygen atoms in total. The molecule has 7 rings (SSSR count). The summed E-state index contributed by atoms with van der Waals surface area (Å²) in [5.74, 6) is -1.69. The lowest BCUT2D eigenvalue weighted by Gasteiger charge is -2.24. The number of aromatic amines is 2. The van der Waals surface area contributed by atoms with E-state index in [1.54, 1.807) is 36.4 Å². The van der Waals surface area contributed by atoms with Crippen LogP contribution in [0.4, 0.5) is 5.95 Å². The standard InChI is InChI=1S/C27H38N9O17P3/c1-11-30-21-15(23(38)31-11)29-9-35(21)25-17(37)20(46-5)14(49-25)8-48-55(42,43)53-56(44,45)52-54(40,41)47-7-12-6-13(19-18(12)50-27(2,3)51-19)36-10-34(4)16-22(36)32-26(28)33-24(16)39/h9-10,12-14,17-20,25,37H,6-8H2,1-5H3,(H6-,28,30,31,32,33,38,39,40,41,42,43,44,45)/p+1/t12-,13-,14-,17+,18?,19-,20?,25-/m1/s1. The molecule has 56 heavy (non-hydrogen) atoms. The van der Waals surface area contributed by atoms with E-state index >= 15 is 0 Å². The number of aromatic nitrogens is 8. The molecule has 2 aliphatic heterocycles. The number of imidazole rings is 2. The third kappa shape index (κ3) is 7.93. The number of H-pyrrole nitrogens is 2. The zero-order valence-electron chi connectivity index (χ0n) is 30.1. The van der Waals surface area contributed by atoms with Gasteiger partial charge in [-0.1, -0.05) is 4.98 Å². The van der Waals surface area contributed by atoms with Crippen molar-refractivity contribution in [3.05, 3.63) is 39.2 Å². The van der Waals surface area contributed by atoms with E-state index in [0.29, 0.717) is 0 Å². The van der Waals surface area contributed by atoms with Gasteiger partial charge in [0.05, 0.1) is 32.7 Å². The summed E-state index contributed by atoms with van der Waals surface area (Å²) >= 11 is 0. The molecule has 1 saturated carbocycles. The van der Waals surface area contributed by atoms with Crippen molar-refractivity contribution in [2.45, 2.75) is 75.8 Å². The van der Waals surface area contributed by atoms with E-state index in [9.17, 15) is 43.1 Å². The van der Waals surface area contributed by atoms with Gasteiger partial charge in [-0.2, -0.15) is 8.62 Å². The molecule has 3 fully saturated rings. The van der Waals surface area contributed by atoms with Gasteiger partial charge in [-0.05, 0) is 27.2 Å². The summed E-state index contributed by atoms with van der Waals surface area (Å²) in [6, 6.07) is -0.557. The summed E-state index contributed by atoms with van der Waals surface area (Å²) in [4.78, 5) is 73.2. The number of phosphoric ester groups is 2. The van der Waals surface area contributed by atoms with Crippen LogP contribution in [0.5, 0.6) is 0 Å². The lowest BCUT2D eigenvalue weighted by molar-refractivity contribution is -0.707. The van der Waals surface area contributed by atoms with Crippen molar-refractivity contribution >= 4 is 51.7 Å². The number of methoxy groups -OCH3 is 1. The number of hydrogen-bond acceptors (Lipinski definition) is 18. The number of phosphoric acid groups is 3. The van der Waals surface area contributed by atoms with Gasteiger partial charge in [0, 0.05) is 13.0 Å². The maximum atomic E-state index is 12.9. The Labute approximate surface area is 314 Å². The molecule has 308 valence electrons. The normalized spacial score (nSPS) is 30.7. The fraction of sp³-hybridized carbons (Fsp3) is 0.630. The van der Waals surface area contributed by atoms with Crippen molar-refractivity contribution in [1.29, 1.82) is 0 Å². The second-order valence-corrected chi connectivity index (χ2v) is 18.4. The van der Waals surface area contributed by atoms with E-state index in [2.05, 4.69) is 33.5 Å². The molecule has 5 unspecified atom stereocenters. The van der Waals surface area contributed by atoms with Crippen LogP contribution in [0.3, 0.4) is 0 Å². The lowest BCUT2D eigenvalue weighted by Crippen LogP contribution is -2.45. The van der Waals surface area contributed by atoms with Gasteiger partial charge >= 0.3 is 29.1 Å². The Kier molecular flexibility index (Phi) is 10.6. The summed E-state index contributed by atoms with van der Waals surface area (Å²) in [6.45, 7) is 3.35. The number of ether oxygens (including phenoxy) is 4. The van der Waals surface area contributed by atoms with Crippen LogP contribution in [0, 0.1) is 12.8 Å². The average molecular weight is 855 g/mol. The molecule has 2 saturated heterocycles. The molecule has 0 amide bonds. The summed E-state index contributed by atoms with van der Waals surface area (Å²) in [6.07, 6.45) is -3.73. The Balaban J connectivity index is 0.987. The van der Waals surface area contributed by atoms with Crippen LogP contribution in [0.2, 0.25) is 0 Å². The van der Waals surface area contributed by atoms with E-state index in [0.717, 1.165) is 0 Å². The quantitative estimate of drug-likeness (QED) is 0.0645. The number of nitrogen functional groups attached to an aromatic ring is 1. The molecule has 11 atom stereocenters. The zero-order chi connectivity index (χ0) is 40.7. The predicted molar refractivity (Wildman–Crippen MR) is 184 cm³/mol. The van der Waals surface area contributed by atoms with Crippen LogP contribution in [0.25, 0.3) is 22.3 Å². The molecule has 0 aromatic carbocycles. The minimum absolute atomic E-state index is 0.0547. The third-order valence-corrected chi connectivity index (χ3v) is 13.6. The SMILES string of the molecule is COC1[C@@H](COP(=O)(O)OP(=O)(O)OP(=O)(O)OC[C@H]2C[C@@H]([n+]3cn(C)c4c(=O)[nH]c(N)nc43)[C@H]3OC(C)(C)OC23)O[C@@H](n2cnc3c(=O)[nH]c(C)nc32)[C@H]1O. The van der Waals surface area contributed by atoms with Crippen LogP contribution in [-0.4, -0.2) is 110 Å². The van der Waals surface area contributed by atoms with Gasteiger partial charge in [0.15, 0.2) is 29.5 Å². The second-order valence-electron chi connectivity index (χ2n) is 13.8. The van der Waals surface area contributed by atoms with E-state index in [-0.39, 0.29) is 40.5 Å². The Morgan fingerprint density at radius 1 is 1.02 bits per heavy atom. The summed E-state index contributed by atoms with van der Waals surface area (Å²) in [7, 11) is -14.1. The minimum Gasteiger partial charge on any atom is -0.386 e. The smallest absolute Gasteiger partial charge is 0.386 e. The van der Waals surface area contributed by atoms with Crippen molar-refractivity contribution in [3.8, 4) is 0 Å². The molecule has 3 aliphatic rings. The monoisotopic (exact) mass is 854 g/mol. The molecule has 0 bridgehead atoms. The van der Waals surface area contributed by atoms with Crippen molar-refractivity contribution in [1.82, 2.24) is 34.1 Å². The number of aliphatic hydroxyl groups is 1. The first-order chi connectivity index (χ1) is 26.1. The minimum atomic E-state index is -5.88. The van der Waals surface area contributed by atoms with Gasteiger partial charge < -0.3 is 49.5 Å². The number of nitrogens with two attached hydrogens (primary N) is 1. The molecule has 0 radical (unpaired) electrons. The summed E-state index contributed by atoms with van der Waals surface area (Å²) < 4.78 is 84.6. The average Bonchev–Trinajstić information content (AvgIpc) is 3.85. The number of hydrogen-bond donors (Lipinski definition) is 7. The van der Waals surface area contributed by atoms with Crippen LogP contribution in [0.15, 0.2) is 22.2 Å². The Morgan fingerprint density at radius 3 is 2.36 bits per heavy atom. The Morgan fingerprint density at radius 2 is 1.68 bits per heavy atom. The molecular formula is C27H39N9O17P3+. The first-order valence-electron chi connectivity index (χ1n) is 16.7. The van der Waals surface area contributed by atoms with Crippen molar-refractivity contribution in [2.24, 2.45) is 13.0 Å². The number of nitrogens with zero attached hydrogens (tertiary/aromatic N) is 6. The molecule has 29 heteroatoms. The van der Waals surface area contributed by atoms with Gasteiger partial charge in [0.25, 0.3) is 17.1 Å². The van der Waals surface area contributed by atoms with Gasteiger partial charge in [0.1, 0.15) is 36.3 Å². The van der Waals surface area contributed by atoms with Crippen LogP contribution >= 0.6 is 23.5 Å². The number of fused-ring (bicyclic) bond motifs is 3. The molecular weight excluding hydrogens is 815 g/mol. The highest BCUT2D eigenvalue weighted by Gasteiger charge is 2.57. The maximum absolute atomic E-state index is 12.9. The molecule has 4 aromatic heterocycles. The largest absolute Gasteiger partial charge is 0.490 e. The Bertz CT molecular complexity index is 2430. The lowest BCUT2D eigenvalue weighted by atomic mass is 10.1. The summed E-state index contributed by atoms with van der Waals surface area (Å²) in [5.41, 5.74) is 5.24. The van der Waals surface area contributed by atoms with Crippen LogP contribution in [0.1, 0.15) is 38.4 Å². The highest BCUT2D eigenvalue weighted by molar-refractivity contribution is 7.66. The number of nitrogens with one attached hydrogen (secondary N) is 2. The van der Waals surface area contributed by atoms with E-state index in [4.69, 9.17) is 33.7 Å². The van der Waals surface area contributed by atoms with Crippen molar-refractivity contribution < 1.29 is 74.7 Å². The van der Waals surface area contributed by atoms with E-state index in [1.807, 2.05) is 0 Å². The molecule has 0 spiro atoms. The first-order valence-corrected chi connectivity index (χ1v) is 21.2. The van der Waals surface area contributed by atoms with Gasteiger partial charge in [-0.15, -0.1) is 0 Å². The zero-order valence-corrected chi connectivity index (χ0v) is 32.8. The van der Waals surface area contributed by atoms with E-state index < -0.39 is 102 Å². The first kappa shape index (κ1) is 40.9. The number of anilines is 1. The van der Waals surface area contributed by atoms with Crippen molar-refractivity contribution in [2.75, 3.05) is 26.1 Å². The van der Waals surface area contributed by atoms with Gasteiger partial charge in [-0.3, -0.25) is 32.8 Å². The molecule has 1 aliphatic carbocycles. The van der Waals surface area contributed by atoms with E-state index in [1.165, 1.54) is 24.9 Å². The predicted octanol–water partition coefficient (Wildman–Crippen LogP) is -0.705. The highest BCUT2D eigenvalue weighted by Crippen LogP contribution is 2.68. The number of aliphatic hydroxyl groups excluding tert-OH is 1. The van der Waals surface area contributed by atoms with Crippen LogP contribution < -0.4 is 21.4 Å². The van der Waals surface area contributed by atoms with Crippen molar-refractivity contribution in [3.63, 3.8) is 0 Å². The van der Waals surface area contributed by atoms with Gasteiger partial charge in [-0.25, -0.2) is 28.2 Å². The fourth-order valence-electron chi connectivity index (χ4n) is 7.28. The summed E-state index contributed by atoms with van der Waals surface area (Å²) in [5, 5.41) is 10.9. The highest BCUT2D eigenvalue weighted by atomic mass is 31.3. The third-order valence-electron chi connectivity index (χ3n) is 9.37. The fourth-order valence-corrected chi connectivity index (χ4v) is 10.8. The molecule has 6 heterocycles.